The van der Waals surface area contributed by atoms with Gasteiger partial charge in [-0.2, -0.15) is 5.10 Å². The molecular weight excluding hydrogens is 294 g/mol. The Labute approximate surface area is 132 Å². The van der Waals surface area contributed by atoms with Crippen molar-refractivity contribution in [2.24, 2.45) is 0 Å². The lowest BCUT2D eigenvalue weighted by Crippen LogP contribution is -2.06. The number of para-hydroxylation sites is 2. The van der Waals surface area contributed by atoms with Gasteiger partial charge in [-0.25, -0.2) is 9.97 Å². The monoisotopic (exact) mass is 309 g/mol. The van der Waals surface area contributed by atoms with E-state index in [0.717, 1.165) is 35.3 Å². The molecule has 0 spiro atoms. The molecule has 1 fully saturated rings. The predicted octanol–water partition coefficient (Wildman–Crippen LogP) is 2.97. The molecule has 0 radical (unpaired) electrons. The molecule has 0 atom stereocenters. The Morgan fingerprint density at radius 3 is 2.61 bits per heavy atom. The Bertz CT molecular complexity index is 914. The summed E-state index contributed by atoms with van der Waals surface area (Å²) in [5.41, 5.74) is 3.97. The second kappa shape index (κ2) is 5.12. The maximum atomic E-state index is 11.2. The molecular formula is C16H15N5O2. The number of benzene rings is 1. The smallest absolute Gasteiger partial charge is 0.259 e. The van der Waals surface area contributed by atoms with E-state index in [0.29, 0.717) is 12.2 Å². The van der Waals surface area contributed by atoms with Crippen LogP contribution < -0.4 is 0 Å². The van der Waals surface area contributed by atoms with Gasteiger partial charge >= 0.3 is 5.69 Å². The molecule has 0 aliphatic heterocycles. The summed E-state index contributed by atoms with van der Waals surface area (Å²) in [7, 11) is 0. The number of nitro groups is 1. The first kappa shape index (κ1) is 13.8. The summed E-state index contributed by atoms with van der Waals surface area (Å²) in [5, 5.41) is 15.6. The molecule has 2 heterocycles. The lowest BCUT2D eigenvalue weighted by Gasteiger charge is -2.06. The van der Waals surface area contributed by atoms with Crippen LogP contribution in [0.4, 0.5) is 5.69 Å². The molecule has 23 heavy (non-hydrogen) atoms. The van der Waals surface area contributed by atoms with Crippen molar-refractivity contribution in [3.05, 3.63) is 57.7 Å². The summed E-state index contributed by atoms with van der Waals surface area (Å²) in [5.74, 6) is 0.237. The first-order valence-electron chi connectivity index (χ1n) is 7.56. The first-order chi connectivity index (χ1) is 11.1. The number of aryl methyl sites for hydroxylation is 1. The molecule has 1 saturated carbocycles. The van der Waals surface area contributed by atoms with E-state index in [2.05, 4.69) is 15.1 Å². The maximum absolute atomic E-state index is 11.2. The van der Waals surface area contributed by atoms with E-state index in [1.807, 2.05) is 31.2 Å². The normalized spacial score (nSPS) is 14.3. The second-order valence-corrected chi connectivity index (χ2v) is 5.87. The van der Waals surface area contributed by atoms with E-state index in [1.54, 1.807) is 4.68 Å². The Morgan fingerprint density at radius 2 is 1.96 bits per heavy atom. The highest BCUT2D eigenvalue weighted by Crippen LogP contribution is 2.43. The summed E-state index contributed by atoms with van der Waals surface area (Å²) in [6.07, 6.45) is 3.46. The fraction of sp³-hybridized carbons (Fsp3) is 0.312. The van der Waals surface area contributed by atoms with E-state index in [4.69, 9.17) is 0 Å². The van der Waals surface area contributed by atoms with Gasteiger partial charge in [0, 0.05) is 5.92 Å². The number of rotatable bonds is 4. The van der Waals surface area contributed by atoms with Crippen LogP contribution in [0.3, 0.4) is 0 Å². The van der Waals surface area contributed by atoms with Crippen molar-refractivity contribution in [2.45, 2.75) is 32.2 Å². The summed E-state index contributed by atoms with van der Waals surface area (Å²) >= 11 is 0. The van der Waals surface area contributed by atoms with Crippen LogP contribution in [-0.2, 0) is 6.54 Å². The van der Waals surface area contributed by atoms with Crippen molar-refractivity contribution in [2.75, 3.05) is 0 Å². The minimum absolute atomic E-state index is 0.110. The average Bonchev–Trinajstić information content (AvgIpc) is 3.28. The molecule has 1 aliphatic rings. The largest absolute Gasteiger partial charge is 0.310 e. The van der Waals surface area contributed by atoms with E-state index in [-0.39, 0.29) is 16.5 Å². The molecule has 0 unspecified atom stereocenters. The van der Waals surface area contributed by atoms with Crippen molar-refractivity contribution < 1.29 is 4.92 Å². The molecule has 2 aromatic heterocycles. The van der Waals surface area contributed by atoms with Crippen LogP contribution in [0.5, 0.6) is 0 Å². The van der Waals surface area contributed by atoms with Crippen LogP contribution >= 0.6 is 0 Å². The van der Waals surface area contributed by atoms with Gasteiger partial charge in [0.2, 0.25) is 0 Å². The SMILES string of the molecule is Cc1nc2ccccc2nc1Cn1cc([N+](=O)[O-])c(C2CC2)n1. The Balaban J connectivity index is 1.71. The van der Waals surface area contributed by atoms with Crippen molar-refractivity contribution in [1.29, 1.82) is 0 Å². The van der Waals surface area contributed by atoms with E-state index >= 15 is 0 Å². The quantitative estimate of drug-likeness (QED) is 0.546. The molecule has 0 bridgehead atoms. The highest BCUT2D eigenvalue weighted by atomic mass is 16.6. The van der Waals surface area contributed by atoms with Gasteiger partial charge in [0.25, 0.3) is 0 Å². The molecule has 4 rings (SSSR count). The molecule has 0 amide bonds. The third-order valence-electron chi connectivity index (χ3n) is 4.09. The van der Waals surface area contributed by atoms with E-state index < -0.39 is 0 Å². The van der Waals surface area contributed by atoms with Gasteiger partial charge in [-0.15, -0.1) is 0 Å². The topological polar surface area (TPSA) is 86.7 Å². The second-order valence-electron chi connectivity index (χ2n) is 5.87. The molecule has 116 valence electrons. The van der Waals surface area contributed by atoms with Crippen molar-refractivity contribution >= 4 is 16.7 Å². The molecule has 7 nitrogen and oxygen atoms in total. The number of fused-ring (bicyclic) bond motifs is 1. The standard InChI is InChI=1S/C16H15N5O2/c1-10-14(18-13-5-3-2-4-12(13)17-10)8-20-9-15(21(22)23)16(19-20)11-6-7-11/h2-5,9,11H,6-8H2,1H3. The van der Waals surface area contributed by atoms with Crippen molar-refractivity contribution in [3.63, 3.8) is 0 Å². The van der Waals surface area contributed by atoms with E-state index in [1.165, 1.54) is 6.20 Å². The van der Waals surface area contributed by atoms with Crippen molar-refractivity contribution in [1.82, 2.24) is 19.7 Å². The van der Waals surface area contributed by atoms with Crippen LogP contribution in [0.15, 0.2) is 30.5 Å². The van der Waals surface area contributed by atoms with Crippen molar-refractivity contribution in [3.8, 4) is 0 Å². The van der Waals surface area contributed by atoms with Gasteiger partial charge in [0.05, 0.1) is 33.9 Å². The highest BCUT2D eigenvalue weighted by molar-refractivity contribution is 5.74. The van der Waals surface area contributed by atoms with Gasteiger partial charge in [-0.05, 0) is 31.9 Å². The number of hydrogen-bond donors (Lipinski definition) is 0. The van der Waals surface area contributed by atoms with Gasteiger partial charge in [-0.1, -0.05) is 12.1 Å². The fourth-order valence-corrected chi connectivity index (χ4v) is 2.72. The zero-order valence-corrected chi connectivity index (χ0v) is 12.6. The summed E-state index contributed by atoms with van der Waals surface area (Å²) < 4.78 is 1.61. The highest BCUT2D eigenvalue weighted by Gasteiger charge is 2.34. The lowest BCUT2D eigenvalue weighted by molar-refractivity contribution is -0.385. The van der Waals surface area contributed by atoms with Gasteiger partial charge in [0.15, 0.2) is 0 Å². The van der Waals surface area contributed by atoms with Gasteiger partial charge in [-0.3, -0.25) is 14.8 Å². The van der Waals surface area contributed by atoms with Gasteiger partial charge in [0.1, 0.15) is 11.9 Å². The fourth-order valence-electron chi connectivity index (χ4n) is 2.72. The van der Waals surface area contributed by atoms with E-state index in [9.17, 15) is 10.1 Å². The summed E-state index contributed by atoms with van der Waals surface area (Å²) in [4.78, 5) is 20.0. The number of nitrogens with zero attached hydrogens (tertiary/aromatic N) is 5. The molecule has 3 aromatic rings. The minimum atomic E-state index is -0.351. The molecule has 0 N–H and O–H groups in total. The first-order valence-corrected chi connectivity index (χ1v) is 7.56. The zero-order valence-electron chi connectivity index (χ0n) is 12.6. The van der Waals surface area contributed by atoms with Crippen LogP contribution in [0, 0.1) is 17.0 Å². The van der Waals surface area contributed by atoms with Crippen LogP contribution in [0.1, 0.15) is 35.8 Å². The van der Waals surface area contributed by atoms with Crippen LogP contribution in [0.25, 0.3) is 11.0 Å². The zero-order chi connectivity index (χ0) is 16.0. The average molecular weight is 309 g/mol. The Kier molecular flexibility index (Phi) is 3.07. The summed E-state index contributed by atoms with van der Waals surface area (Å²) in [6.45, 7) is 2.28. The van der Waals surface area contributed by atoms with Gasteiger partial charge < -0.3 is 0 Å². The Hall–Kier alpha value is -2.83. The van der Waals surface area contributed by atoms with Crippen LogP contribution in [-0.4, -0.2) is 24.7 Å². The predicted molar refractivity (Wildman–Crippen MR) is 84.2 cm³/mol. The summed E-state index contributed by atoms with van der Waals surface area (Å²) in [6, 6.07) is 7.67. The Morgan fingerprint density at radius 1 is 1.26 bits per heavy atom. The van der Waals surface area contributed by atoms with Crippen LogP contribution in [0.2, 0.25) is 0 Å². The minimum Gasteiger partial charge on any atom is -0.259 e. The molecule has 1 aromatic carbocycles. The maximum Gasteiger partial charge on any atom is 0.310 e. The number of aromatic nitrogens is 4. The molecule has 7 heteroatoms. The number of hydrogen-bond acceptors (Lipinski definition) is 5. The third-order valence-corrected chi connectivity index (χ3v) is 4.09. The lowest BCUT2D eigenvalue weighted by atomic mass is 10.2. The third kappa shape index (κ3) is 2.54. The molecule has 1 aliphatic carbocycles. The molecule has 0 saturated heterocycles.